The van der Waals surface area contributed by atoms with Gasteiger partial charge in [-0.05, 0) is 55.3 Å². The van der Waals surface area contributed by atoms with Crippen LogP contribution < -0.4 is 4.90 Å². The van der Waals surface area contributed by atoms with Crippen molar-refractivity contribution in [3.05, 3.63) is 47.5 Å². The molecule has 2 heterocycles. The Bertz CT molecular complexity index is 773. The van der Waals surface area contributed by atoms with E-state index >= 15 is 0 Å². The Hall–Kier alpha value is -2.07. The zero-order valence-electron chi connectivity index (χ0n) is 11.5. The Kier molecular flexibility index (Phi) is 3.04. The van der Waals surface area contributed by atoms with Crippen molar-refractivity contribution in [3.63, 3.8) is 0 Å². The van der Waals surface area contributed by atoms with Gasteiger partial charge in [0.25, 0.3) is 0 Å². The van der Waals surface area contributed by atoms with E-state index < -0.39 is 0 Å². The summed E-state index contributed by atoms with van der Waals surface area (Å²) in [5, 5.41) is 9.82. The lowest BCUT2D eigenvalue weighted by Gasteiger charge is -2.16. The standard InChI is InChI=1S/C16H15ClN4/c17-12-3-5-13(6-4-12)21-18-15-8-7-14(11-16(15)19-21)20-9-1-2-10-20/h3-8,11H,1-2,9-10H2. The Morgan fingerprint density at radius 3 is 2.24 bits per heavy atom. The van der Waals surface area contributed by atoms with Gasteiger partial charge in [-0.15, -0.1) is 10.2 Å². The van der Waals surface area contributed by atoms with Gasteiger partial charge in [-0.1, -0.05) is 11.6 Å². The van der Waals surface area contributed by atoms with Crippen molar-refractivity contribution in [2.75, 3.05) is 18.0 Å². The SMILES string of the molecule is Clc1ccc(-n2nc3ccc(N4CCCC4)cc3n2)cc1. The number of hydrogen-bond acceptors (Lipinski definition) is 3. The predicted molar refractivity (Wildman–Crippen MR) is 85.3 cm³/mol. The molecule has 106 valence electrons. The molecule has 4 rings (SSSR count). The average Bonchev–Trinajstić information content (AvgIpc) is 3.16. The second kappa shape index (κ2) is 5.04. The van der Waals surface area contributed by atoms with Gasteiger partial charge in [-0.2, -0.15) is 4.80 Å². The van der Waals surface area contributed by atoms with Crippen LogP contribution in [0.25, 0.3) is 16.7 Å². The zero-order valence-corrected chi connectivity index (χ0v) is 12.3. The van der Waals surface area contributed by atoms with E-state index in [4.69, 9.17) is 11.6 Å². The normalized spacial score (nSPS) is 15.0. The molecule has 1 fully saturated rings. The fraction of sp³-hybridized carbons (Fsp3) is 0.250. The highest BCUT2D eigenvalue weighted by Crippen LogP contribution is 2.24. The molecule has 1 aliphatic heterocycles. The van der Waals surface area contributed by atoms with Gasteiger partial charge in [0, 0.05) is 23.8 Å². The minimum atomic E-state index is 0.715. The maximum Gasteiger partial charge on any atom is 0.115 e. The van der Waals surface area contributed by atoms with Crippen LogP contribution in [0.5, 0.6) is 0 Å². The molecular formula is C16H15ClN4. The molecule has 0 N–H and O–H groups in total. The van der Waals surface area contributed by atoms with Crippen molar-refractivity contribution in [1.29, 1.82) is 0 Å². The van der Waals surface area contributed by atoms with Crippen LogP contribution in [0.15, 0.2) is 42.5 Å². The molecule has 1 aromatic heterocycles. The summed E-state index contributed by atoms with van der Waals surface area (Å²) >= 11 is 5.92. The van der Waals surface area contributed by atoms with E-state index in [1.54, 1.807) is 4.80 Å². The molecule has 0 bridgehead atoms. The van der Waals surface area contributed by atoms with Gasteiger partial charge in [0.15, 0.2) is 0 Å². The van der Waals surface area contributed by atoms with E-state index in [0.29, 0.717) is 5.02 Å². The first-order chi connectivity index (χ1) is 10.3. The van der Waals surface area contributed by atoms with Gasteiger partial charge in [0.2, 0.25) is 0 Å². The topological polar surface area (TPSA) is 34.0 Å². The second-order valence-electron chi connectivity index (χ2n) is 5.33. The first-order valence-corrected chi connectivity index (χ1v) is 7.55. The molecule has 0 radical (unpaired) electrons. The molecule has 0 amide bonds. The number of anilines is 1. The van der Waals surface area contributed by atoms with Crippen molar-refractivity contribution in [1.82, 2.24) is 15.0 Å². The summed E-state index contributed by atoms with van der Waals surface area (Å²) in [6.45, 7) is 2.27. The molecule has 0 saturated carbocycles. The lowest BCUT2D eigenvalue weighted by molar-refractivity contribution is 0.766. The molecule has 4 nitrogen and oxygen atoms in total. The van der Waals surface area contributed by atoms with Crippen molar-refractivity contribution in [3.8, 4) is 5.69 Å². The number of benzene rings is 2. The van der Waals surface area contributed by atoms with Gasteiger partial charge in [0.1, 0.15) is 11.0 Å². The molecule has 21 heavy (non-hydrogen) atoms. The molecule has 0 unspecified atom stereocenters. The van der Waals surface area contributed by atoms with E-state index in [-0.39, 0.29) is 0 Å². The summed E-state index contributed by atoms with van der Waals surface area (Å²) in [4.78, 5) is 4.06. The van der Waals surface area contributed by atoms with Crippen molar-refractivity contribution in [2.45, 2.75) is 12.8 Å². The molecule has 5 heteroatoms. The maximum atomic E-state index is 5.92. The predicted octanol–water partition coefficient (Wildman–Crippen LogP) is 3.67. The minimum absolute atomic E-state index is 0.715. The van der Waals surface area contributed by atoms with Gasteiger partial charge in [-0.3, -0.25) is 0 Å². The molecule has 0 aliphatic carbocycles. The highest BCUT2D eigenvalue weighted by Gasteiger charge is 2.14. The quantitative estimate of drug-likeness (QED) is 0.724. The lowest BCUT2D eigenvalue weighted by atomic mass is 10.2. The number of aromatic nitrogens is 3. The summed E-state index contributed by atoms with van der Waals surface area (Å²) in [6.07, 6.45) is 2.55. The third-order valence-corrected chi connectivity index (χ3v) is 4.14. The number of nitrogens with zero attached hydrogens (tertiary/aromatic N) is 4. The highest BCUT2D eigenvalue weighted by atomic mass is 35.5. The van der Waals surface area contributed by atoms with Crippen LogP contribution >= 0.6 is 11.6 Å². The number of halogens is 1. The smallest absolute Gasteiger partial charge is 0.115 e. The first-order valence-electron chi connectivity index (χ1n) is 7.18. The van der Waals surface area contributed by atoms with E-state index in [1.165, 1.54) is 18.5 Å². The summed E-state index contributed by atoms with van der Waals surface area (Å²) in [5.41, 5.74) is 3.99. The molecule has 2 aromatic carbocycles. The molecule has 3 aromatic rings. The fourth-order valence-corrected chi connectivity index (χ4v) is 2.89. The summed E-state index contributed by atoms with van der Waals surface area (Å²) in [5.74, 6) is 0. The van der Waals surface area contributed by atoms with Crippen molar-refractivity contribution >= 4 is 28.3 Å². The van der Waals surface area contributed by atoms with Crippen LogP contribution in [-0.4, -0.2) is 28.1 Å². The first kappa shape index (κ1) is 12.7. The molecule has 0 spiro atoms. The molecular weight excluding hydrogens is 284 g/mol. The summed E-state index contributed by atoms with van der Waals surface area (Å²) < 4.78 is 0. The molecule has 1 aliphatic rings. The Morgan fingerprint density at radius 2 is 1.48 bits per heavy atom. The number of hydrogen-bond donors (Lipinski definition) is 0. The largest absolute Gasteiger partial charge is 0.371 e. The average molecular weight is 299 g/mol. The Balaban J connectivity index is 1.73. The summed E-state index contributed by atoms with van der Waals surface area (Å²) in [7, 11) is 0. The Labute approximate surface area is 127 Å². The monoisotopic (exact) mass is 298 g/mol. The second-order valence-corrected chi connectivity index (χ2v) is 5.77. The highest BCUT2D eigenvalue weighted by molar-refractivity contribution is 6.30. The third kappa shape index (κ3) is 2.36. The van der Waals surface area contributed by atoms with Gasteiger partial charge >= 0.3 is 0 Å². The lowest BCUT2D eigenvalue weighted by Crippen LogP contribution is -2.17. The van der Waals surface area contributed by atoms with E-state index in [2.05, 4.69) is 27.2 Å². The van der Waals surface area contributed by atoms with E-state index in [9.17, 15) is 0 Å². The Morgan fingerprint density at radius 1 is 0.810 bits per heavy atom. The van der Waals surface area contributed by atoms with Crippen molar-refractivity contribution < 1.29 is 0 Å². The number of fused-ring (bicyclic) bond motifs is 1. The minimum Gasteiger partial charge on any atom is -0.371 e. The summed E-state index contributed by atoms with van der Waals surface area (Å²) in [6, 6.07) is 13.8. The van der Waals surface area contributed by atoms with Crippen LogP contribution in [0.1, 0.15) is 12.8 Å². The van der Waals surface area contributed by atoms with Crippen LogP contribution in [-0.2, 0) is 0 Å². The van der Waals surface area contributed by atoms with Crippen LogP contribution in [0.4, 0.5) is 5.69 Å². The van der Waals surface area contributed by atoms with Gasteiger partial charge < -0.3 is 4.90 Å². The van der Waals surface area contributed by atoms with Gasteiger partial charge in [-0.25, -0.2) is 0 Å². The van der Waals surface area contributed by atoms with Crippen LogP contribution in [0.3, 0.4) is 0 Å². The van der Waals surface area contributed by atoms with Gasteiger partial charge in [0.05, 0.1) is 5.69 Å². The molecule has 1 saturated heterocycles. The molecule has 0 atom stereocenters. The maximum absolute atomic E-state index is 5.92. The number of rotatable bonds is 2. The van der Waals surface area contributed by atoms with Crippen LogP contribution in [0.2, 0.25) is 5.02 Å². The zero-order chi connectivity index (χ0) is 14.2. The van der Waals surface area contributed by atoms with Crippen molar-refractivity contribution in [2.24, 2.45) is 0 Å². The van der Waals surface area contributed by atoms with E-state index in [0.717, 1.165) is 29.8 Å². The fourth-order valence-electron chi connectivity index (χ4n) is 2.76. The third-order valence-electron chi connectivity index (χ3n) is 3.89. The van der Waals surface area contributed by atoms with Crippen LogP contribution in [0, 0.1) is 0 Å². The van der Waals surface area contributed by atoms with E-state index in [1.807, 2.05) is 30.3 Å².